The van der Waals surface area contributed by atoms with Gasteiger partial charge in [0.15, 0.2) is 0 Å². The molecule has 1 unspecified atom stereocenters. The number of aromatic nitrogens is 1. The number of hydrogen-bond donors (Lipinski definition) is 2. The molecule has 0 saturated carbocycles. The van der Waals surface area contributed by atoms with Gasteiger partial charge in [-0.3, -0.25) is 14.6 Å². The molecule has 2 aromatic carbocycles. The van der Waals surface area contributed by atoms with Crippen molar-refractivity contribution in [3.8, 4) is 5.75 Å². The number of benzene rings is 2. The molecule has 2 heterocycles. The van der Waals surface area contributed by atoms with E-state index in [1.54, 1.807) is 7.11 Å². The number of nitrogens with zero attached hydrogens (tertiary/aromatic N) is 3. The van der Waals surface area contributed by atoms with Crippen LogP contribution in [0.25, 0.3) is 0 Å². The number of hydrogen-bond acceptors (Lipinski definition) is 6. The molecule has 1 aliphatic rings. The van der Waals surface area contributed by atoms with Crippen LogP contribution in [0.15, 0.2) is 54.9 Å². The number of nitrogens with one attached hydrogen (secondary N) is 2. The first-order valence-corrected chi connectivity index (χ1v) is 15.9. The zero-order chi connectivity index (χ0) is 31.6. The van der Waals surface area contributed by atoms with Crippen LogP contribution in [0.2, 0.25) is 0 Å². The summed E-state index contributed by atoms with van der Waals surface area (Å²) in [4.78, 5) is 35.0. The molecule has 1 atom stereocenters. The number of anilines is 1. The molecule has 8 heteroatoms. The first-order valence-electron chi connectivity index (χ1n) is 15.9. The van der Waals surface area contributed by atoms with Crippen molar-refractivity contribution >= 4 is 17.5 Å². The number of likely N-dealkylation sites (tertiary alicyclic amines) is 1. The van der Waals surface area contributed by atoms with E-state index in [-0.39, 0.29) is 11.8 Å². The number of piperidine rings is 1. The van der Waals surface area contributed by atoms with E-state index in [4.69, 9.17) is 4.74 Å². The first-order chi connectivity index (χ1) is 21.2. The van der Waals surface area contributed by atoms with E-state index in [9.17, 15) is 9.59 Å². The number of carbonyl (C=O) groups is 2. The standard InChI is InChI=1S/C36H49N5O3/c1-7-16-38-35(42)29-21-26(3)34(27(4)22-29)36(43)39-18-13-28(5)40-19-14-32(15-20-40)41(24-30-23-37-17-12-25(30)2)31-8-10-33(44-6)11-9-31/h8-12,17,21-23,28,32H,7,13-16,18-20,24H2,1-6H3,(H,38,42)(H,39,43). The fourth-order valence-corrected chi connectivity index (χ4v) is 6.15. The lowest BCUT2D eigenvalue weighted by molar-refractivity contribution is 0.0935. The molecule has 1 saturated heterocycles. The zero-order valence-electron chi connectivity index (χ0n) is 27.3. The summed E-state index contributed by atoms with van der Waals surface area (Å²) >= 11 is 0. The molecule has 1 aliphatic heterocycles. The van der Waals surface area contributed by atoms with Gasteiger partial charge in [0.2, 0.25) is 0 Å². The number of carbonyl (C=O) groups excluding carboxylic acids is 2. The van der Waals surface area contributed by atoms with E-state index >= 15 is 0 Å². The minimum Gasteiger partial charge on any atom is -0.497 e. The summed E-state index contributed by atoms with van der Waals surface area (Å²) in [6.07, 6.45) is 7.74. The Balaban J connectivity index is 1.32. The number of pyridine rings is 1. The third kappa shape index (κ3) is 8.38. The van der Waals surface area contributed by atoms with Crippen LogP contribution < -0.4 is 20.3 Å². The van der Waals surface area contributed by atoms with Crippen molar-refractivity contribution in [2.45, 2.75) is 78.9 Å². The Morgan fingerprint density at radius 3 is 2.25 bits per heavy atom. The van der Waals surface area contributed by atoms with Gasteiger partial charge >= 0.3 is 0 Å². The largest absolute Gasteiger partial charge is 0.497 e. The van der Waals surface area contributed by atoms with E-state index in [1.165, 1.54) is 16.8 Å². The second-order valence-corrected chi connectivity index (χ2v) is 12.0. The van der Waals surface area contributed by atoms with Gasteiger partial charge < -0.3 is 25.2 Å². The molecule has 0 radical (unpaired) electrons. The minimum absolute atomic E-state index is 0.0766. The van der Waals surface area contributed by atoms with Crippen molar-refractivity contribution in [1.29, 1.82) is 0 Å². The molecule has 3 aromatic rings. The van der Waals surface area contributed by atoms with Gasteiger partial charge in [-0.1, -0.05) is 6.92 Å². The highest BCUT2D eigenvalue weighted by atomic mass is 16.5. The van der Waals surface area contributed by atoms with Crippen molar-refractivity contribution in [2.75, 3.05) is 38.2 Å². The molecule has 1 fully saturated rings. The molecule has 44 heavy (non-hydrogen) atoms. The molecule has 2 N–H and O–H groups in total. The lowest BCUT2D eigenvalue weighted by Crippen LogP contribution is -2.48. The normalized spacial score (nSPS) is 14.6. The summed E-state index contributed by atoms with van der Waals surface area (Å²) in [5, 5.41) is 6.04. The molecular formula is C36H49N5O3. The summed E-state index contributed by atoms with van der Waals surface area (Å²) < 4.78 is 5.40. The molecule has 0 bridgehead atoms. The second-order valence-electron chi connectivity index (χ2n) is 12.0. The molecule has 4 rings (SSSR count). The summed E-state index contributed by atoms with van der Waals surface area (Å²) in [5.41, 5.74) is 6.60. The van der Waals surface area contributed by atoms with Gasteiger partial charge in [-0.05, 0) is 118 Å². The average Bonchev–Trinajstić information content (AvgIpc) is 3.03. The maximum absolute atomic E-state index is 13.1. The van der Waals surface area contributed by atoms with Crippen LogP contribution in [0.3, 0.4) is 0 Å². The average molecular weight is 600 g/mol. The number of amides is 2. The van der Waals surface area contributed by atoms with Crippen LogP contribution in [-0.4, -0.2) is 67.1 Å². The van der Waals surface area contributed by atoms with E-state index in [2.05, 4.69) is 57.5 Å². The fraction of sp³-hybridized carbons (Fsp3) is 0.472. The first kappa shape index (κ1) is 33.0. The zero-order valence-corrected chi connectivity index (χ0v) is 27.3. The van der Waals surface area contributed by atoms with Crippen molar-refractivity contribution < 1.29 is 14.3 Å². The molecule has 0 spiro atoms. The van der Waals surface area contributed by atoms with Crippen LogP contribution >= 0.6 is 0 Å². The van der Waals surface area contributed by atoms with Gasteiger partial charge in [0, 0.05) is 74.0 Å². The highest BCUT2D eigenvalue weighted by Gasteiger charge is 2.28. The van der Waals surface area contributed by atoms with E-state index in [1.807, 2.05) is 57.4 Å². The summed E-state index contributed by atoms with van der Waals surface area (Å²) in [5.74, 6) is 0.688. The summed E-state index contributed by atoms with van der Waals surface area (Å²) in [6.45, 7) is 14.3. The SMILES string of the molecule is CCCNC(=O)c1cc(C)c(C(=O)NCCC(C)N2CCC(N(Cc3cnccc3C)c3ccc(OC)cc3)CC2)c(C)c1. The Kier molecular flexibility index (Phi) is 11.8. The van der Waals surface area contributed by atoms with Gasteiger partial charge in [-0.15, -0.1) is 0 Å². The van der Waals surface area contributed by atoms with E-state index in [0.717, 1.165) is 62.2 Å². The number of methoxy groups -OCH3 is 1. The molecule has 8 nitrogen and oxygen atoms in total. The van der Waals surface area contributed by atoms with E-state index < -0.39 is 0 Å². The van der Waals surface area contributed by atoms with Crippen LogP contribution in [0.5, 0.6) is 5.75 Å². The highest BCUT2D eigenvalue weighted by Crippen LogP contribution is 2.29. The monoisotopic (exact) mass is 599 g/mol. The lowest BCUT2D eigenvalue weighted by Gasteiger charge is -2.42. The van der Waals surface area contributed by atoms with Gasteiger partial charge in [-0.25, -0.2) is 0 Å². The maximum Gasteiger partial charge on any atom is 0.251 e. The predicted octanol–water partition coefficient (Wildman–Crippen LogP) is 5.83. The molecule has 236 valence electrons. The Labute approximate surface area is 263 Å². The van der Waals surface area contributed by atoms with E-state index in [0.29, 0.717) is 36.3 Å². The van der Waals surface area contributed by atoms with Crippen LogP contribution in [0.4, 0.5) is 5.69 Å². The molecular weight excluding hydrogens is 550 g/mol. The summed E-state index contributed by atoms with van der Waals surface area (Å²) in [7, 11) is 1.70. The predicted molar refractivity (Wildman–Crippen MR) is 178 cm³/mol. The van der Waals surface area contributed by atoms with Gasteiger partial charge in [0.25, 0.3) is 11.8 Å². The van der Waals surface area contributed by atoms with Crippen molar-refractivity contribution in [1.82, 2.24) is 20.5 Å². The van der Waals surface area contributed by atoms with Gasteiger partial charge in [0.1, 0.15) is 5.75 Å². The third-order valence-corrected chi connectivity index (χ3v) is 8.86. The van der Waals surface area contributed by atoms with Crippen LogP contribution in [-0.2, 0) is 6.54 Å². The smallest absolute Gasteiger partial charge is 0.251 e. The van der Waals surface area contributed by atoms with Crippen LogP contribution in [0, 0.1) is 20.8 Å². The van der Waals surface area contributed by atoms with Gasteiger partial charge in [-0.2, -0.15) is 0 Å². The second kappa shape index (κ2) is 15.7. The number of ether oxygens (including phenoxy) is 1. The Morgan fingerprint density at radius 2 is 1.64 bits per heavy atom. The number of aryl methyl sites for hydroxylation is 3. The summed E-state index contributed by atoms with van der Waals surface area (Å²) in [6, 6.07) is 14.9. The van der Waals surface area contributed by atoms with Crippen molar-refractivity contribution in [3.05, 3.63) is 88.2 Å². The fourth-order valence-electron chi connectivity index (χ4n) is 6.15. The quantitative estimate of drug-likeness (QED) is 0.257. The maximum atomic E-state index is 13.1. The highest BCUT2D eigenvalue weighted by molar-refractivity contribution is 6.00. The lowest BCUT2D eigenvalue weighted by atomic mass is 9.98. The molecule has 2 amide bonds. The van der Waals surface area contributed by atoms with Gasteiger partial charge in [0.05, 0.1) is 7.11 Å². The van der Waals surface area contributed by atoms with Crippen LogP contribution in [0.1, 0.15) is 82.5 Å². The van der Waals surface area contributed by atoms with Crippen molar-refractivity contribution in [2.24, 2.45) is 0 Å². The van der Waals surface area contributed by atoms with Crippen molar-refractivity contribution in [3.63, 3.8) is 0 Å². The Morgan fingerprint density at radius 1 is 0.977 bits per heavy atom. The third-order valence-electron chi connectivity index (χ3n) is 8.86. The Bertz CT molecular complexity index is 1380. The number of rotatable bonds is 13. The Hall–Kier alpha value is -3.91. The minimum atomic E-state index is -0.0955. The molecule has 0 aliphatic carbocycles. The molecule has 1 aromatic heterocycles. The topological polar surface area (TPSA) is 86.8 Å².